The number of furan rings is 1. The van der Waals surface area contributed by atoms with Crippen LogP contribution in [0.25, 0.3) is 0 Å². The maximum atomic E-state index is 11.4. The van der Waals surface area contributed by atoms with E-state index in [9.17, 15) is 8.42 Å². The van der Waals surface area contributed by atoms with Gasteiger partial charge >= 0.3 is 0 Å². The number of sulfonamides is 1. The molecule has 0 unspecified atom stereocenters. The van der Waals surface area contributed by atoms with Gasteiger partial charge in [0.15, 0.2) is 4.67 Å². The molecule has 1 N–H and O–H groups in total. The monoisotopic (exact) mass is 416 g/mol. The molecule has 0 bridgehead atoms. The number of nitrogens with zero attached hydrogens (tertiary/aromatic N) is 1. The van der Waals surface area contributed by atoms with E-state index in [-0.39, 0.29) is 0 Å². The zero-order valence-electron chi connectivity index (χ0n) is 10.9. The van der Waals surface area contributed by atoms with Crippen molar-refractivity contribution in [1.82, 2.24) is 9.62 Å². The number of hydrogen-bond acceptors (Lipinski definition) is 4. The first-order valence-corrected chi connectivity index (χ1v) is 9.37. The van der Waals surface area contributed by atoms with Crippen LogP contribution in [0.3, 0.4) is 0 Å². The lowest BCUT2D eigenvalue weighted by Crippen LogP contribution is -2.32. The van der Waals surface area contributed by atoms with E-state index in [1.807, 2.05) is 13.0 Å². The van der Waals surface area contributed by atoms with E-state index in [1.165, 1.54) is 10.6 Å². The van der Waals surface area contributed by atoms with E-state index in [0.717, 1.165) is 23.2 Å². The Hall–Kier alpha value is 0.110. The summed E-state index contributed by atoms with van der Waals surface area (Å²) in [6.45, 7) is 4.24. The van der Waals surface area contributed by atoms with Gasteiger partial charge in [0.05, 0.1) is 17.3 Å². The van der Waals surface area contributed by atoms with Crippen LogP contribution in [0, 0.1) is 0 Å². The molecule has 5 nitrogen and oxygen atoms in total. The molecule has 1 aromatic rings. The Labute approximate surface area is 131 Å². The summed E-state index contributed by atoms with van der Waals surface area (Å²) in [5.41, 5.74) is 0. The quantitative estimate of drug-likeness (QED) is 0.660. The van der Waals surface area contributed by atoms with Crippen molar-refractivity contribution in [2.45, 2.75) is 19.9 Å². The van der Waals surface area contributed by atoms with Gasteiger partial charge < -0.3 is 9.73 Å². The fraction of sp³-hybridized carbons (Fsp3) is 0.636. The van der Waals surface area contributed by atoms with E-state index in [1.54, 1.807) is 0 Å². The molecule has 0 aromatic carbocycles. The van der Waals surface area contributed by atoms with Gasteiger partial charge in [-0.05, 0) is 50.9 Å². The molecule has 0 aliphatic rings. The second kappa shape index (κ2) is 7.78. The summed E-state index contributed by atoms with van der Waals surface area (Å²) in [5.74, 6) is 0.828. The first kappa shape index (κ1) is 17.2. The van der Waals surface area contributed by atoms with Crippen LogP contribution in [-0.2, 0) is 16.6 Å². The third kappa shape index (κ3) is 5.95. The molecule has 0 saturated heterocycles. The van der Waals surface area contributed by atoms with Crippen molar-refractivity contribution in [2.75, 3.05) is 25.9 Å². The van der Waals surface area contributed by atoms with Gasteiger partial charge in [-0.15, -0.1) is 0 Å². The van der Waals surface area contributed by atoms with E-state index >= 15 is 0 Å². The van der Waals surface area contributed by atoms with Crippen molar-refractivity contribution in [2.24, 2.45) is 0 Å². The van der Waals surface area contributed by atoms with Gasteiger partial charge in [0.2, 0.25) is 10.0 Å². The molecular weight excluding hydrogens is 400 g/mol. The lowest BCUT2D eigenvalue weighted by Gasteiger charge is -2.17. The SMILES string of the molecule is CCN(CCCNCc1cc(Br)c(Br)o1)S(C)(=O)=O. The highest BCUT2D eigenvalue weighted by atomic mass is 79.9. The van der Waals surface area contributed by atoms with E-state index in [0.29, 0.717) is 24.3 Å². The van der Waals surface area contributed by atoms with Gasteiger partial charge in [-0.2, -0.15) is 0 Å². The standard InChI is InChI=1S/C11H18Br2N2O3S/c1-3-15(19(2,16)17)6-4-5-14-8-9-7-10(12)11(13)18-9/h7,14H,3-6,8H2,1-2H3. The average molecular weight is 418 g/mol. The Morgan fingerprint density at radius 1 is 1.42 bits per heavy atom. The van der Waals surface area contributed by atoms with Crippen LogP contribution >= 0.6 is 31.9 Å². The lowest BCUT2D eigenvalue weighted by molar-refractivity contribution is 0.412. The first-order chi connectivity index (χ1) is 8.84. The molecule has 0 saturated carbocycles. The number of hydrogen-bond donors (Lipinski definition) is 1. The van der Waals surface area contributed by atoms with Crippen molar-refractivity contribution in [3.8, 4) is 0 Å². The number of halogens is 2. The molecular formula is C11H18Br2N2O3S. The van der Waals surface area contributed by atoms with Gasteiger partial charge in [0.25, 0.3) is 0 Å². The van der Waals surface area contributed by atoms with Crippen LogP contribution in [0.4, 0.5) is 0 Å². The molecule has 1 heterocycles. The van der Waals surface area contributed by atoms with Gasteiger partial charge in [0.1, 0.15) is 5.76 Å². The summed E-state index contributed by atoms with van der Waals surface area (Å²) in [5, 5.41) is 3.22. The molecule has 0 atom stereocenters. The largest absolute Gasteiger partial charge is 0.452 e. The maximum absolute atomic E-state index is 11.4. The summed E-state index contributed by atoms with van der Waals surface area (Å²) < 4.78 is 31.2. The summed E-state index contributed by atoms with van der Waals surface area (Å²) in [6, 6.07) is 1.89. The maximum Gasteiger partial charge on any atom is 0.211 e. The van der Waals surface area contributed by atoms with Crippen molar-refractivity contribution >= 4 is 41.9 Å². The molecule has 1 rings (SSSR count). The molecule has 19 heavy (non-hydrogen) atoms. The molecule has 1 aromatic heterocycles. The second-order valence-corrected chi connectivity index (χ2v) is 7.68. The van der Waals surface area contributed by atoms with E-state index in [4.69, 9.17) is 4.42 Å². The normalized spacial score (nSPS) is 12.3. The minimum Gasteiger partial charge on any atom is -0.452 e. The Balaban J connectivity index is 2.24. The van der Waals surface area contributed by atoms with Crippen LogP contribution in [0.5, 0.6) is 0 Å². The third-order valence-electron chi connectivity index (χ3n) is 2.58. The van der Waals surface area contributed by atoms with E-state index in [2.05, 4.69) is 37.2 Å². The van der Waals surface area contributed by atoms with Crippen LogP contribution in [-0.4, -0.2) is 38.6 Å². The van der Waals surface area contributed by atoms with Gasteiger partial charge in [-0.3, -0.25) is 0 Å². The van der Waals surface area contributed by atoms with Gasteiger partial charge in [-0.1, -0.05) is 6.92 Å². The Bertz CT molecular complexity index is 483. The molecule has 110 valence electrons. The summed E-state index contributed by atoms with van der Waals surface area (Å²) >= 11 is 6.62. The van der Waals surface area contributed by atoms with Gasteiger partial charge in [0, 0.05) is 13.1 Å². The Morgan fingerprint density at radius 2 is 2.11 bits per heavy atom. The topological polar surface area (TPSA) is 62.6 Å². The first-order valence-electron chi connectivity index (χ1n) is 5.94. The molecule has 0 radical (unpaired) electrons. The van der Waals surface area contributed by atoms with Crippen molar-refractivity contribution < 1.29 is 12.8 Å². The fourth-order valence-electron chi connectivity index (χ4n) is 1.63. The number of rotatable bonds is 8. The van der Waals surface area contributed by atoms with Crippen LogP contribution in [0.15, 0.2) is 19.6 Å². The second-order valence-electron chi connectivity index (χ2n) is 4.12. The third-order valence-corrected chi connectivity index (χ3v) is 5.67. The average Bonchev–Trinajstić information content (AvgIpc) is 2.61. The molecule has 0 fully saturated rings. The van der Waals surface area contributed by atoms with Crippen LogP contribution in [0.2, 0.25) is 0 Å². The number of nitrogens with one attached hydrogen (secondary N) is 1. The van der Waals surface area contributed by atoms with Crippen molar-refractivity contribution in [1.29, 1.82) is 0 Å². The Kier molecular flexibility index (Phi) is 7.02. The minimum atomic E-state index is -3.08. The highest BCUT2D eigenvalue weighted by molar-refractivity contribution is 9.13. The summed E-state index contributed by atoms with van der Waals surface area (Å²) in [4.78, 5) is 0. The predicted molar refractivity (Wildman–Crippen MR) is 82.5 cm³/mol. The molecule has 0 amide bonds. The lowest BCUT2D eigenvalue weighted by atomic mass is 10.4. The molecule has 8 heteroatoms. The molecule has 0 spiro atoms. The smallest absolute Gasteiger partial charge is 0.211 e. The summed E-state index contributed by atoms with van der Waals surface area (Å²) in [6.07, 6.45) is 2.01. The fourth-order valence-corrected chi connectivity index (χ4v) is 3.22. The zero-order valence-corrected chi connectivity index (χ0v) is 14.9. The van der Waals surface area contributed by atoms with Crippen LogP contribution in [0.1, 0.15) is 19.1 Å². The zero-order chi connectivity index (χ0) is 14.5. The highest BCUT2D eigenvalue weighted by Crippen LogP contribution is 2.26. The van der Waals surface area contributed by atoms with Crippen molar-refractivity contribution in [3.63, 3.8) is 0 Å². The summed E-state index contributed by atoms with van der Waals surface area (Å²) in [7, 11) is -3.08. The van der Waals surface area contributed by atoms with Crippen LogP contribution < -0.4 is 5.32 Å². The Morgan fingerprint density at radius 3 is 2.58 bits per heavy atom. The molecule has 0 aliphatic heterocycles. The van der Waals surface area contributed by atoms with E-state index < -0.39 is 10.0 Å². The predicted octanol–water partition coefficient (Wildman–Crippen LogP) is 2.57. The highest BCUT2D eigenvalue weighted by Gasteiger charge is 2.13. The molecule has 0 aliphatic carbocycles. The minimum absolute atomic E-state index is 0.511. The van der Waals surface area contributed by atoms with Crippen molar-refractivity contribution in [3.05, 3.63) is 21.0 Å². The van der Waals surface area contributed by atoms with Gasteiger partial charge in [-0.25, -0.2) is 12.7 Å².